The monoisotopic (exact) mass is 357 g/mol. The molecule has 1 heterocycles. The molecule has 25 heavy (non-hydrogen) atoms. The van der Waals surface area contributed by atoms with Gasteiger partial charge in [-0.3, -0.25) is 4.79 Å². The van der Waals surface area contributed by atoms with Crippen LogP contribution in [0.4, 0.5) is 0 Å². The molecule has 1 aliphatic rings. The van der Waals surface area contributed by atoms with Gasteiger partial charge in [0.1, 0.15) is 0 Å². The normalized spacial score (nSPS) is 15.8. The molecule has 0 saturated carbocycles. The quantitative estimate of drug-likeness (QED) is 0.584. The zero-order valence-electron chi connectivity index (χ0n) is 15.1. The van der Waals surface area contributed by atoms with E-state index in [1.807, 2.05) is 25.1 Å². The fraction of sp³-hybridized carbons (Fsp3) is 0.500. The van der Waals surface area contributed by atoms with Gasteiger partial charge in [-0.05, 0) is 58.1 Å². The Morgan fingerprint density at radius 3 is 2.96 bits per heavy atom. The molecule has 0 spiro atoms. The number of allylic oxidation sites excluding steroid dienone is 1. The van der Waals surface area contributed by atoms with Crippen molar-refractivity contribution in [1.29, 1.82) is 0 Å². The van der Waals surface area contributed by atoms with Crippen molar-refractivity contribution < 1.29 is 4.79 Å². The summed E-state index contributed by atoms with van der Waals surface area (Å²) >= 11 is 1.54. The summed E-state index contributed by atoms with van der Waals surface area (Å²) in [4.78, 5) is 17.1. The number of aromatic nitrogens is 2. The number of aryl methyl sites for hydroxylation is 1. The Morgan fingerprint density at radius 1 is 1.36 bits per heavy atom. The van der Waals surface area contributed by atoms with E-state index in [0.717, 1.165) is 35.7 Å². The Hall–Kier alpha value is -1.75. The summed E-state index contributed by atoms with van der Waals surface area (Å²) in [5.74, 6) is 0.0936. The van der Waals surface area contributed by atoms with Crippen molar-refractivity contribution in [3.63, 3.8) is 0 Å². The van der Waals surface area contributed by atoms with E-state index >= 15 is 0 Å². The number of carbonyl (C=O) groups excluding carboxylic acids is 1. The minimum atomic E-state index is -0.151. The van der Waals surface area contributed by atoms with Crippen molar-refractivity contribution in [1.82, 2.24) is 14.9 Å². The van der Waals surface area contributed by atoms with Crippen molar-refractivity contribution in [2.75, 3.05) is 6.54 Å². The van der Waals surface area contributed by atoms with Gasteiger partial charge in [-0.25, -0.2) is 4.98 Å². The number of fused-ring (bicyclic) bond motifs is 1. The lowest BCUT2D eigenvalue weighted by Crippen LogP contribution is -2.32. The van der Waals surface area contributed by atoms with Crippen LogP contribution in [0.15, 0.2) is 41.1 Å². The van der Waals surface area contributed by atoms with E-state index in [0.29, 0.717) is 0 Å². The Morgan fingerprint density at radius 2 is 2.20 bits per heavy atom. The summed E-state index contributed by atoms with van der Waals surface area (Å²) < 4.78 is 2.18. The van der Waals surface area contributed by atoms with Crippen molar-refractivity contribution in [2.45, 2.75) is 62.9 Å². The molecule has 4 nitrogen and oxygen atoms in total. The maximum absolute atomic E-state index is 12.4. The predicted molar refractivity (Wildman–Crippen MR) is 105 cm³/mol. The molecule has 0 bridgehead atoms. The van der Waals surface area contributed by atoms with Crippen LogP contribution >= 0.6 is 11.8 Å². The molecular weight excluding hydrogens is 330 g/mol. The van der Waals surface area contributed by atoms with Crippen molar-refractivity contribution >= 4 is 28.7 Å². The first-order valence-corrected chi connectivity index (χ1v) is 10.1. The second-order valence-electron chi connectivity index (χ2n) is 6.54. The number of thioether (sulfide) groups is 1. The molecule has 0 fully saturated rings. The first-order chi connectivity index (χ1) is 12.2. The van der Waals surface area contributed by atoms with E-state index in [1.54, 1.807) is 0 Å². The second-order valence-corrected chi connectivity index (χ2v) is 7.84. The zero-order chi connectivity index (χ0) is 17.6. The Kier molecular flexibility index (Phi) is 6.19. The lowest BCUT2D eigenvalue weighted by Gasteiger charge is -2.15. The summed E-state index contributed by atoms with van der Waals surface area (Å²) in [6.45, 7) is 5.66. The average molecular weight is 358 g/mol. The molecule has 5 heteroatoms. The highest BCUT2D eigenvalue weighted by Gasteiger charge is 2.18. The molecule has 1 aromatic heterocycles. The molecule has 1 atom stereocenters. The molecule has 1 N–H and O–H groups in total. The van der Waals surface area contributed by atoms with Gasteiger partial charge in [-0.2, -0.15) is 0 Å². The number of nitrogens with zero attached hydrogens (tertiary/aromatic N) is 2. The van der Waals surface area contributed by atoms with Gasteiger partial charge in [0.25, 0.3) is 0 Å². The zero-order valence-corrected chi connectivity index (χ0v) is 15.9. The van der Waals surface area contributed by atoms with E-state index in [4.69, 9.17) is 4.98 Å². The van der Waals surface area contributed by atoms with Crippen LogP contribution in [0.2, 0.25) is 0 Å². The lowest BCUT2D eigenvalue weighted by molar-refractivity contribution is -0.120. The number of nitrogens with one attached hydrogen (secondary N) is 1. The van der Waals surface area contributed by atoms with Gasteiger partial charge in [0, 0.05) is 13.1 Å². The molecule has 1 aliphatic carbocycles. The highest BCUT2D eigenvalue weighted by Crippen LogP contribution is 2.27. The number of hydrogen-bond acceptors (Lipinski definition) is 3. The molecule has 0 radical (unpaired) electrons. The van der Waals surface area contributed by atoms with E-state index in [-0.39, 0.29) is 11.2 Å². The maximum Gasteiger partial charge on any atom is 0.233 e. The molecule has 1 amide bonds. The number of amides is 1. The Labute approximate surface area is 154 Å². The third-order valence-electron chi connectivity index (χ3n) is 4.72. The number of rotatable bonds is 7. The number of imidazole rings is 1. The van der Waals surface area contributed by atoms with Crippen molar-refractivity contribution in [3.8, 4) is 0 Å². The summed E-state index contributed by atoms with van der Waals surface area (Å²) in [5, 5.41) is 3.85. The molecule has 3 rings (SSSR count). The first kappa shape index (κ1) is 18.1. The van der Waals surface area contributed by atoms with E-state index in [2.05, 4.69) is 29.0 Å². The second kappa shape index (κ2) is 8.56. The van der Waals surface area contributed by atoms with Gasteiger partial charge in [0.2, 0.25) is 5.91 Å². The molecule has 0 saturated heterocycles. The first-order valence-electron chi connectivity index (χ1n) is 9.26. The Balaban J connectivity index is 1.57. The average Bonchev–Trinajstić information content (AvgIpc) is 2.99. The number of benzene rings is 1. The summed E-state index contributed by atoms with van der Waals surface area (Å²) in [6.07, 6.45) is 8.32. The van der Waals surface area contributed by atoms with Gasteiger partial charge >= 0.3 is 0 Å². The van der Waals surface area contributed by atoms with Crippen LogP contribution in [-0.4, -0.2) is 27.3 Å². The molecular formula is C20H27N3OS. The molecule has 0 aliphatic heterocycles. The topological polar surface area (TPSA) is 46.9 Å². The van der Waals surface area contributed by atoms with Gasteiger partial charge in [-0.1, -0.05) is 35.5 Å². The van der Waals surface area contributed by atoms with Crippen molar-refractivity contribution in [3.05, 3.63) is 35.9 Å². The minimum absolute atomic E-state index is 0.0936. The van der Waals surface area contributed by atoms with Crippen molar-refractivity contribution in [2.24, 2.45) is 0 Å². The van der Waals surface area contributed by atoms with Gasteiger partial charge in [0.15, 0.2) is 5.16 Å². The van der Waals surface area contributed by atoms with Crippen LogP contribution in [0, 0.1) is 0 Å². The molecule has 134 valence electrons. The number of para-hydroxylation sites is 2. The Bertz CT molecular complexity index is 765. The molecule has 1 aromatic carbocycles. The van der Waals surface area contributed by atoms with Crippen LogP contribution < -0.4 is 5.32 Å². The number of carbonyl (C=O) groups is 1. The number of hydrogen-bond donors (Lipinski definition) is 1. The van der Waals surface area contributed by atoms with E-state index in [9.17, 15) is 4.79 Å². The summed E-state index contributed by atoms with van der Waals surface area (Å²) in [6, 6.07) is 8.13. The predicted octanol–water partition coefficient (Wildman–Crippen LogP) is 4.54. The van der Waals surface area contributed by atoms with Gasteiger partial charge < -0.3 is 9.88 Å². The highest BCUT2D eigenvalue weighted by molar-refractivity contribution is 8.00. The smallest absolute Gasteiger partial charge is 0.233 e. The SMILES string of the molecule is CCn1c(S[C@@H](C)C(=O)NCCC2=CCCCC2)nc2ccccc21. The van der Waals surface area contributed by atoms with Crippen LogP contribution in [0.5, 0.6) is 0 Å². The van der Waals surface area contributed by atoms with Crippen LogP contribution in [0.1, 0.15) is 46.0 Å². The van der Waals surface area contributed by atoms with Crippen LogP contribution in [-0.2, 0) is 11.3 Å². The third-order valence-corrected chi connectivity index (χ3v) is 5.81. The maximum atomic E-state index is 12.4. The largest absolute Gasteiger partial charge is 0.355 e. The summed E-state index contributed by atoms with van der Waals surface area (Å²) in [5.41, 5.74) is 3.62. The fourth-order valence-corrected chi connectivity index (χ4v) is 4.29. The lowest BCUT2D eigenvalue weighted by atomic mass is 9.97. The highest BCUT2D eigenvalue weighted by atomic mass is 32.2. The third kappa shape index (κ3) is 4.46. The molecule has 0 unspecified atom stereocenters. The summed E-state index contributed by atoms with van der Waals surface area (Å²) in [7, 11) is 0. The minimum Gasteiger partial charge on any atom is -0.355 e. The van der Waals surface area contributed by atoms with Crippen LogP contribution in [0.25, 0.3) is 11.0 Å². The molecule has 2 aromatic rings. The van der Waals surface area contributed by atoms with Gasteiger partial charge in [-0.15, -0.1) is 0 Å². The van der Waals surface area contributed by atoms with Gasteiger partial charge in [0.05, 0.1) is 16.3 Å². The van der Waals surface area contributed by atoms with E-state index in [1.165, 1.54) is 43.0 Å². The standard InChI is InChI=1S/C20H27N3OS/c1-3-23-18-12-8-7-11-17(18)22-20(23)25-15(2)19(24)21-14-13-16-9-5-4-6-10-16/h7-9,11-12,15H,3-6,10,13-14H2,1-2H3,(H,21,24)/t15-/m0/s1. The fourth-order valence-electron chi connectivity index (χ4n) is 3.28. The van der Waals surface area contributed by atoms with E-state index < -0.39 is 0 Å². The van der Waals surface area contributed by atoms with Crippen LogP contribution in [0.3, 0.4) is 0 Å².